The van der Waals surface area contributed by atoms with Crippen molar-refractivity contribution in [1.29, 1.82) is 0 Å². The second-order valence-electron chi connectivity index (χ2n) is 5.04. The van der Waals surface area contributed by atoms with E-state index in [9.17, 15) is 14.0 Å². The number of rotatable bonds is 4. The lowest BCUT2D eigenvalue weighted by atomic mass is 10.3. The number of fused-ring (bicyclic) bond motifs is 1. The predicted octanol–water partition coefficient (Wildman–Crippen LogP) is 1.24. The van der Waals surface area contributed by atoms with E-state index < -0.39 is 23.4 Å². The van der Waals surface area contributed by atoms with Crippen molar-refractivity contribution in [2.45, 2.75) is 19.9 Å². The molecule has 0 spiro atoms. The van der Waals surface area contributed by atoms with Crippen LogP contribution in [0.25, 0.3) is 16.9 Å². The number of hydrogen-bond donors (Lipinski definition) is 0. The van der Waals surface area contributed by atoms with Gasteiger partial charge < -0.3 is 4.74 Å². The molecule has 124 valence electrons. The van der Waals surface area contributed by atoms with Gasteiger partial charge in [-0.25, -0.2) is 14.2 Å². The van der Waals surface area contributed by atoms with E-state index in [-0.39, 0.29) is 17.8 Å². The van der Waals surface area contributed by atoms with Crippen molar-refractivity contribution < 1.29 is 13.9 Å². The molecule has 9 heteroatoms. The molecule has 0 amide bonds. The molecule has 0 radical (unpaired) electrons. The highest BCUT2D eigenvalue weighted by molar-refractivity contribution is 5.75. The largest absolute Gasteiger partial charge is 0.464 e. The van der Waals surface area contributed by atoms with Crippen LogP contribution < -0.4 is 5.56 Å². The van der Waals surface area contributed by atoms with Crippen LogP contribution >= 0.6 is 0 Å². The Hall–Kier alpha value is -3.10. The van der Waals surface area contributed by atoms with E-state index in [4.69, 9.17) is 4.74 Å². The molecular weight excluding hydrogens is 317 g/mol. The Morgan fingerprint density at radius 3 is 2.92 bits per heavy atom. The summed E-state index contributed by atoms with van der Waals surface area (Å²) in [4.78, 5) is 28.5. The minimum atomic E-state index is -0.839. The molecule has 0 saturated heterocycles. The topological polar surface area (TPSA) is 91.9 Å². The summed E-state index contributed by atoms with van der Waals surface area (Å²) in [7, 11) is 0. The summed E-state index contributed by atoms with van der Waals surface area (Å²) in [6.45, 7) is 3.42. The third kappa shape index (κ3) is 2.64. The number of carbonyl (C=O) groups excluding carboxylic acids is 1. The fourth-order valence-electron chi connectivity index (χ4n) is 2.26. The highest BCUT2D eigenvalue weighted by Gasteiger charge is 2.21. The lowest BCUT2D eigenvalue weighted by Gasteiger charge is -2.12. The molecule has 3 aromatic rings. The monoisotopic (exact) mass is 331 g/mol. The standard InChI is InChI=1S/C15H14FN5O3/c1-3-24-15(23)9(2)20-8-17-13-12(14(20)22)18-19-21(13)11-6-4-5-10(16)7-11/h4-9H,3H2,1-2H3/t9-/m0/s1. The van der Waals surface area contributed by atoms with Crippen molar-refractivity contribution in [2.75, 3.05) is 6.61 Å². The highest BCUT2D eigenvalue weighted by Crippen LogP contribution is 2.14. The molecule has 24 heavy (non-hydrogen) atoms. The molecule has 1 atom stereocenters. The van der Waals surface area contributed by atoms with Crippen LogP contribution in [0.3, 0.4) is 0 Å². The summed E-state index contributed by atoms with van der Waals surface area (Å²) >= 11 is 0. The van der Waals surface area contributed by atoms with Crippen LogP contribution in [-0.4, -0.2) is 37.1 Å². The van der Waals surface area contributed by atoms with Crippen LogP contribution in [0.5, 0.6) is 0 Å². The molecule has 1 aromatic carbocycles. The van der Waals surface area contributed by atoms with Crippen molar-refractivity contribution in [3.8, 4) is 5.69 Å². The first kappa shape index (κ1) is 15.8. The third-order valence-electron chi connectivity index (χ3n) is 3.49. The number of esters is 1. The van der Waals surface area contributed by atoms with Gasteiger partial charge in [0.25, 0.3) is 5.56 Å². The van der Waals surface area contributed by atoms with Crippen molar-refractivity contribution in [2.24, 2.45) is 0 Å². The second-order valence-corrected chi connectivity index (χ2v) is 5.04. The Balaban J connectivity index is 2.09. The van der Waals surface area contributed by atoms with Crippen LogP contribution in [0.1, 0.15) is 19.9 Å². The Bertz CT molecular complexity index is 965. The molecule has 0 unspecified atom stereocenters. The summed E-state index contributed by atoms with van der Waals surface area (Å²) in [6.07, 6.45) is 1.23. The van der Waals surface area contributed by atoms with Crippen LogP contribution in [0.4, 0.5) is 4.39 Å². The Kier molecular flexibility index (Phi) is 4.07. The zero-order valence-electron chi connectivity index (χ0n) is 13.0. The Labute approximate surface area is 135 Å². The van der Waals surface area contributed by atoms with E-state index in [2.05, 4.69) is 15.3 Å². The van der Waals surface area contributed by atoms with Crippen LogP contribution in [0.2, 0.25) is 0 Å². The quantitative estimate of drug-likeness (QED) is 0.668. The molecule has 3 rings (SSSR count). The molecule has 0 aliphatic rings. The molecular formula is C15H14FN5O3. The van der Waals surface area contributed by atoms with Crippen LogP contribution in [0.15, 0.2) is 35.4 Å². The number of nitrogens with zero attached hydrogens (tertiary/aromatic N) is 5. The fourth-order valence-corrected chi connectivity index (χ4v) is 2.26. The number of aromatic nitrogens is 5. The zero-order chi connectivity index (χ0) is 17.3. The van der Waals surface area contributed by atoms with Gasteiger partial charge in [0.05, 0.1) is 12.3 Å². The normalized spacial score (nSPS) is 12.3. The number of halogens is 1. The van der Waals surface area contributed by atoms with Gasteiger partial charge in [-0.2, -0.15) is 4.68 Å². The first-order chi connectivity index (χ1) is 11.5. The van der Waals surface area contributed by atoms with Gasteiger partial charge in [0.2, 0.25) is 0 Å². The number of hydrogen-bond acceptors (Lipinski definition) is 6. The molecule has 2 heterocycles. The summed E-state index contributed by atoms with van der Waals surface area (Å²) in [5, 5.41) is 7.67. The maximum atomic E-state index is 13.4. The lowest BCUT2D eigenvalue weighted by molar-refractivity contribution is -0.146. The molecule has 0 fully saturated rings. The van der Waals surface area contributed by atoms with Gasteiger partial charge in [-0.3, -0.25) is 9.36 Å². The minimum Gasteiger partial charge on any atom is -0.464 e. The maximum absolute atomic E-state index is 13.4. The average Bonchev–Trinajstić information content (AvgIpc) is 3.00. The summed E-state index contributed by atoms with van der Waals surface area (Å²) in [5.74, 6) is -0.987. The van der Waals surface area contributed by atoms with Crippen molar-refractivity contribution in [3.05, 3.63) is 46.8 Å². The molecule has 0 aliphatic carbocycles. The first-order valence-electron chi connectivity index (χ1n) is 7.28. The average molecular weight is 331 g/mol. The van der Waals surface area contributed by atoms with Crippen molar-refractivity contribution in [3.63, 3.8) is 0 Å². The van der Waals surface area contributed by atoms with Gasteiger partial charge in [-0.15, -0.1) is 5.10 Å². The summed E-state index contributed by atoms with van der Waals surface area (Å²) in [6, 6.07) is 4.84. The van der Waals surface area contributed by atoms with Gasteiger partial charge in [0.1, 0.15) is 18.2 Å². The zero-order valence-corrected chi connectivity index (χ0v) is 13.0. The lowest BCUT2D eigenvalue weighted by Crippen LogP contribution is -2.29. The summed E-state index contributed by atoms with van der Waals surface area (Å²) < 4.78 is 20.7. The Morgan fingerprint density at radius 1 is 1.42 bits per heavy atom. The molecule has 0 N–H and O–H groups in total. The van der Waals surface area contributed by atoms with Crippen molar-refractivity contribution in [1.82, 2.24) is 24.5 Å². The summed E-state index contributed by atoms with van der Waals surface area (Å²) in [5.41, 5.74) is 0.0274. The van der Waals surface area contributed by atoms with E-state index in [1.165, 1.54) is 36.1 Å². The molecule has 0 bridgehead atoms. The van der Waals surface area contributed by atoms with Gasteiger partial charge >= 0.3 is 5.97 Å². The van der Waals surface area contributed by atoms with Gasteiger partial charge in [0, 0.05) is 0 Å². The molecule has 0 aliphatic heterocycles. The number of carbonyl (C=O) groups is 1. The second kappa shape index (κ2) is 6.19. The molecule has 2 aromatic heterocycles. The van der Waals surface area contributed by atoms with Gasteiger partial charge in [-0.1, -0.05) is 11.3 Å². The predicted molar refractivity (Wildman–Crippen MR) is 82.2 cm³/mol. The van der Waals surface area contributed by atoms with E-state index in [1.54, 1.807) is 13.0 Å². The van der Waals surface area contributed by atoms with Crippen LogP contribution in [-0.2, 0) is 9.53 Å². The molecule has 8 nitrogen and oxygen atoms in total. The Morgan fingerprint density at radius 2 is 2.21 bits per heavy atom. The smallest absolute Gasteiger partial charge is 0.328 e. The van der Waals surface area contributed by atoms with E-state index in [0.29, 0.717) is 5.69 Å². The van der Waals surface area contributed by atoms with Gasteiger partial charge in [-0.05, 0) is 32.0 Å². The fraction of sp³-hybridized carbons (Fsp3) is 0.267. The highest BCUT2D eigenvalue weighted by atomic mass is 19.1. The van der Waals surface area contributed by atoms with E-state index in [1.807, 2.05) is 0 Å². The van der Waals surface area contributed by atoms with E-state index >= 15 is 0 Å². The van der Waals surface area contributed by atoms with E-state index in [0.717, 1.165) is 4.57 Å². The molecule has 0 saturated carbocycles. The SMILES string of the molecule is CCOC(=O)[C@H](C)n1cnc2c(nnn2-c2cccc(F)c2)c1=O. The van der Waals surface area contributed by atoms with Crippen LogP contribution in [0, 0.1) is 5.82 Å². The first-order valence-corrected chi connectivity index (χ1v) is 7.28. The maximum Gasteiger partial charge on any atom is 0.328 e. The number of benzene rings is 1. The third-order valence-corrected chi connectivity index (χ3v) is 3.49. The van der Waals surface area contributed by atoms with Gasteiger partial charge in [0.15, 0.2) is 11.2 Å². The number of ether oxygens (including phenoxy) is 1. The van der Waals surface area contributed by atoms with Crippen molar-refractivity contribution >= 4 is 17.1 Å². The minimum absolute atomic E-state index is 0.0158.